The van der Waals surface area contributed by atoms with Gasteiger partial charge < -0.3 is 15.2 Å². The van der Waals surface area contributed by atoms with Gasteiger partial charge in [-0.3, -0.25) is 10.1 Å². The molecule has 0 aliphatic rings. The molecule has 6 heteroatoms. The van der Waals surface area contributed by atoms with Crippen LogP contribution in [0.1, 0.15) is 20.3 Å². The summed E-state index contributed by atoms with van der Waals surface area (Å²) in [6.45, 7) is 4.66. The molecular formula is C12H18N2O4. The summed E-state index contributed by atoms with van der Waals surface area (Å²) < 4.78 is 10.8. The van der Waals surface area contributed by atoms with Crippen LogP contribution in [-0.4, -0.2) is 24.2 Å². The lowest BCUT2D eigenvalue weighted by Gasteiger charge is -2.11. The van der Waals surface area contributed by atoms with Crippen molar-refractivity contribution in [3.05, 3.63) is 28.3 Å². The molecule has 0 spiro atoms. The number of ether oxygens (including phenoxy) is 2. The summed E-state index contributed by atoms with van der Waals surface area (Å²) in [4.78, 5) is 10.3. The molecule has 0 saturated heterocycles. The molecule has 6 nitrogen and oxygen atoms in total. The first-order valence-corrected chi connectivity index (χ1v) is 5.82. The SMILES string of the molecule is CC(C)Oc1cc(OCCCN)cc([N+](=O)[O-])c1. The van der Waals surface area contributed by atoms with Gasteiger partial charge in [0, 0.05) is 6.07 Å². The largest absolute Gasteiger partial charge is 0.493 e. The summed E-state index contributed by atoms with van der Waals surface area (Å²) in [5, 5.41) is 10.8. The Kier molecular flexibility index (Phi) is 5.38. The van der Waals surface area contributed by atoms with Gasteiger partial charge >= 0.3 is 0 Å². The Morgan fingerprint density at radius 2 is 2.00 bits per heavy atom. The Bertz CT molecular complexity index is 407. The molecule has 0 bridgehead atoms. The van der Waals surface area contributed by atoms with E-state index in [1.165, 1.54) is 12.1 Å². The Balaban J connectivity index is 2.87. The summed E-state index contributed by atoms with van der Waals surface area (Å²) >= 11 is 0. The molecule has 0 amide bonds. The van der Waals surface area contributed by atoms with Crippen molar-refractivity contribution in [1.82, 2.24) is 0 Å². The van der Waals surface area contributed by atoms with Crippen molar-refractivity contribution in [2.75, 3.05) is 13.2 Å². The Morgan fingerprint density at radius 3 is 2.56 bits per heavy atom. The molecule has 1 aromatic carbocycles. The number of hydrogen-bond donors (Lipinski definition) is 1. The highest BCUT2D eigenvalue weighted by Gasteiger charge is 2.12. The normalized spacial score (nSPS) is 10.4. The second-order valence-corrected chi connectivity index (χ2v) is 4.08. The molecule has 1 rings (SSSR count). The first kappa shape index (κ1) is 14.2. The number of nitro groups is 1. The van der Waals surface area contributed by atoms with Crippen LogP contribution in [0.5, 0.6) is 11.5 Å². The fourth-order valence-corrected chi connectivity index (χ4v) is 1.36. The highest BCUT2D eigenvalue weighted by atomic mass is 16.6. The van der Waals surface area contributed by atoms with Crippen molar-refractivity contribution >= 4 is 5.69 Å². The standard InChI is InChI=1S/C12H18N2O4/c1-9(2)18-12-7-10(14(15)16)6-11(8-12)17-5-3-4-13/h6-9H,3-5,13H2,1-2H3. The van der Waals surface area contributed by atoms with Crippen LogP contribution in [0, 0.1) is 10.1 Å². The zero-order valence-corrected chi connectivity index (χ0v) is 10.6. The maximum absolute atomic E-state index is 10.8. The van der Waals surface area contributed by atoms with Crippen molar-refractivity contribution < 1.29 is 14.4 Å². The fraction of sp³-hybridized carbons (Fsp3) is 0.500. The van der Waals surface area contributed by atoms with Crippen LogP contribution in [0.3, 0.4) is 0 Å². The van der Waals surface area contributed by atoms with E-state index in [4.69, 9.17) is 15.2 Å². The van der Waals surface area contributed by atoms with Gasteiger partial charge in [-0.1, -0.05) is 0 Å². The molecule has 2 N–H and O–H groups in total. The van der Waals surface area contributed by atoms with Gasteiger partial charge in [-0.15, -0.1) is 0 Å². The van der Waals surface area contributed by atoms with Crippen molar-refractivity contribution in [3.63, 3.8) is 0 Å². The van der Waals surface area contributed by atoms with E-state index in [1.807, 2.05) is 13.8 Å². The van der Waals surface area contributed by atoms with Crippen LogP contribution in [0.2, 0.25) is 0 Å². The molecule has 0 unspecified atom stereocenters. The van der Waals surface area contributed by atoms with Gasteiger partial charge in [0.05, 0.1) is 29.8 Å². The number of benzene rings is 1. The third-order valence-electron chi connectivity index (χ3n) is 2.06. The Morgan fingerprint density at radius 1 is 1.33 bits per heavy atom. The van der Waals surface area contributed by atoms with Crippen LogP contribution in [0.4, 0.5) is 5.69 Å². The predicted octanol–water partition coefficient (Wildman–Crippen LogP) is 2.11. The first-order chi connectivity index (χ1) is 8.52. The van der Waals surface area contributed by atoms with Gasteiger partial charge in [0.2, 0.25) is 0 Å². The minimum Gasteiger partial charge on any atom is -0.493 e. The van der Waals surface area contributed by atoms with Crippen LogP contribution < -0.4 is 15.2 Å². The van der Waals surface area contributed by atoms with Gasteiger partial charge in [-0.25, -0.2) is 0 Å². The first-order valence-electron chi connectivity index (χ1n) is 5.82. The summed E-state index contributed by atoms with van der Waals surface area (Å²) in [5.41, 5.74) is 5.31. The highest BCUT2D eigenvalue weighted by Crippen LogP contribution is 2.28. The number of nitro benzene ring substituents is 1. The topological polar surface area (TPSA) is 87.6 Å². The number of nitrogens with two attached hydrogens (primary N) is 1. The van der Waals surface area contributed by atoms with Crippen LogP contribution in [-0.2, 0) is 0 Å². The fourth-order valence-electron chi connectivity index (χ4n) is 1.36. The molecule has 0 aromatic heterocycles. The summed E-state index contributed by atoms with van der Waals surface area (Å²) in [7, 11) is 0. The zero-order valence-electron chi connectivity index (χ0n) is 10.6. The molecule has 0 fully saturated rings. The Labute approximate surface area is 106 Å². The van der Waals surface area contributed by atoms with Gasteiger partial charge in [0.15, 0.2) is 0 Å². The molecular weight excluding hydrogens is 236 g/mol. The maximum atomic E-state index is 10.8. The van der Waals surface area contributed by atoms with E-state index in [0.29, 0.717) is 31.1 Å². The van der Waals surface area contributed by atoms with Crippen molar-refractivity contribution in [3.8, 4) is 11.5 Å². The highest BCUT2D eigenvalue weighted by molar-refractivity contribution is 5.46. The second kappa shape index (κ2) is 6.80. The van der Waals surface area contributed by atoms with Gasteiger partial charge in [0.25, 0.3) is 5.69 Å². The van der Waals surface area contributed by atoms with Crippen molar-refractivity contribution in [2.45, 2.75) is 26.4 Å². The molecule has 0 saturated carbocycles. The molecule has 0 heterocycles. The average molecular weight is 254 g/mol. The molecule has 1 aromatic rings. The van der Waals surface area contributed by atoms with Crippen molar-refractivity contribution in [1.29, 1.82) is 0 Å². The van der Waals surface area contributed by atoms with Crippen molar-refractivity contribution in [2.24, 2.45) is 5.73 Å². The zero-order chi connectivity index (χ0) is 13.5. The van der Waals surface area contributed by atoms with Crippen LogP contribution >= 0.6 is 0 Å². The van der Waals surface area contributed by atoms with Crippen LogP contribution in [0.25, 0.3) is 0 Å². The number of hydrogen-bond acceptors (Lipinski definition) is 5. The van der Waals surface area contributed by atoms with Gasteiger partial charge in [-0.05, 0) is 26.8 Å². The summed E-state index contributed by atoms with van der Waals surface area (Å²) in [6.07, 6.45) is 0.646. The third kappa shape index (κ3) is 4.58. The second-order valence-electron chi connectivity index (χ2n) is 4.08. The molecule has 100 valence electrons. The smallest absolute Gasteiger partial charge is 0.276 e. The quantitative estimate of drug-likeness (QED) is 0.457. The number of rotatable bonds is 7. The monoisotopic (exact) mass is 254 g/mol. The third-order valence-corrected chi connectivity index (χ3v) is 2.06. The minimum absolute atomic E-state index is 0.0455. The molecule has 18 heavy (non-hydrogen) atoms. The number of non-ortho nitro benzene ring substituents is 1. The van der Waals surface area contributed by atoms with E-state index in [0.717, 1.165) is 0 Å². The predicted molar refractivity (Wildman–Crippen MR) is 68.0 cm³/mol. The van der Waals surface area contributed by atoms with E-state index in [9.17, 15) is 10.1 Å². The van der Waals surface area contributed by atoms with E-state index in [1.54, 1.807) is 6.07 Å². The summed E-state index contributed by atoms with van der Waals surface area (Å²) in [6, 6.07) is 4.41. The maximum Gasteiger partial charge on any atom is 0.276 e. The van der Waals surface area contributed by atoms with Gasteiger partial charge in [0.1, 0.15) is 11.5 Å². The van der Waals surface area contributed by atoms with E-state index in [2.05, 4.69) is 0 Å². The van der Waals surface area contributed by atoms with E-state index < -0.39 is 4.92 Å². The lowest BCUT2D eigenvalue weighted by Crippen LogP contribution is -2.08. The van der Waals surface area contributed by atoms with E-state index >= 15 is 0 Å². The van der Waals surface area contributed by atoms with Crippen LogP contribution in [0.15, 0.2) is 18.2 Å². The minimum atomic E-state index is -0.469. The van der Waals surface area contributed by atoms with Gasteiger partial charge in [-0.2, -0.15) is 0 Å². The Hall–Kier alpha value is -1.82. The molecule has 0 atom stereocenters. The van der Waals surface area contributed by atoms with E-state index in [-0.39, 0.29) is 11.8 Å². The average Bonchev–Trinajstić information content (AvgIpc) is 2.28. The summed E-state index contributed by atoms with van der Waals surface area (Å²) in [5.74, 6) is 0.857. The lowest BCUT2D eigenvalue weighted by atomic mass is 10.2. The number of nitrogens with zero attached hydrogens (tertiary/aromatic N) is 1. The molecule has 0 aliphatic heterocycles. The lowest BCUT2D eigenvalue weighted by molar-refractivity contribution is -0.385. The molecule has 0 aliphatic carbocycles. The molecule has 0 radical (unpaired) electrons.